The fourth-order valence-electron chi connectivity index (χ4n) is 2.24. The van der Waals surface area contributed by atoms with Crippen LogP contribution in [0.25, 0.3) is 0 Å². The highest BCUT2D eigenvalue weighted by Crippen LogP contribution is 2.41. The second-order valence-corrected chi connectivity index (χ2v) is 10.2. The van der Waals surface area contributed by atoms with E-state index in [1.54, 1.807) is 0 Å². The van der Waals surface area contributed by atoms with Crippen molar-refractivity contribution in [2.75, 3.05) is 6.54 Å². The van der Waals surface area contributed by atoms with Crippen LogP contribution in [0.4, 0.5) is 0 Å². The van der Waals surface area contributed by atoms with Gasteiger partial charge in [-0.2, -0.15) is 0 Å². The first-order chi connectivity index (χ1) is 5.81. The second-order valence-electron chi connectivity index (χ2n) is 5.01. The van der Waals surface area contributed by atoms with Crippen LogP contribution in [0.3, 0.4) is 0 Å². The van der Waals surface area contributed by atoms with Gasteiger partial charge in [-0.25, -0.2) is 0 Å². The third-order valence-electron chi connectivity index (χ3n) is 2.94. The van der Waals surface area contributed by atoms with Gasteiger partial charge in [0.25, 0.3) is 0 Å². The summed E-state index contributed by atoms with van der Waals surface area (Å²) in [6.45, 7) is 18.9. The Hall–Kier alpha value is -0.0831. The molecule has 0 aliphatic heterocycles. The molecule has 0 rings (SSSR count). The van der Waals surface area contributed by atoms with Gasteiger partial charge >= 0.3 is 0 Å². The molecule has 0 amide bonds. The van der Waals surface area contributed by atoms with Gasteiger partial charge in [0.05, 0.1) is 0 Å². The molecule has 0 aromatic heterocycles. The maximum atomic E-state index is 4.04. The van der Waals surface area contributed by atoms with E-state index in [2.05, 4.69) is 58.8 Å². The average molecular weight is 199 g/mol. The molecule has 1 nitrogen and oxygen atoms in total. The molecule has 0 aliphatic carbocycles. The van der Waals surface area contributed by atoms with Crippen molar-refractivity contribution in [3.63, 3.8) is 0 Å². The van der Waals surface area contributed by atoms with Crippen LogP contribution in [-0.2, 0) is 0 Å². The van der Waals surface area contributed by atoms with Crippen molar-refractivity contribution in [1.29, 1.82) is 0 Å². The largest absolute Gasteiger partial charge is 0.334 e. The van der Waals surface area contributed by atoms with Gasteiger partial charge in [0.1, 0.15) is 0 Å². The molecule has 0 radical (unpaired) electrons. The van der Waals surface area contributed by atoms with Gasteiger partial charge in [-0.3, -0.25) is 0 Å². The third kappa shape index (κ3) is 2.44. The molecule has 1 atom stereocenters. The molecule has 0 saturated carbocycles. The van der Waals surface area contributed by atoms with Crippen molar-refractivity contribution in [2.24, 2.45) is 0 Å². The smallest absolute Gasteiger partial charge is 0.157 e. The van der Waals surface area contributed by atoms with Gasteiger partial charge in [-0.1, -0.05) is 47.2 Å². The fraction of sp³-hybridized carbons (Fsp3) is 0.818. The van der Waals surface area contributed by atoms with Crippen LogP contribution in [0.5, 0.6) is 0 Å². The molecule has 1 N–H and O–H groups in total. The topological polar surface area (TPSA) is 12.0 Å². The monoisotopic (exact) mass is 199 g/mol. The lowest BCUT2D eigenvalue weighted by Crippen LogP contribution is -2.58. The van der Waals surface area contributed by atoms with Crippen LogP contribution in [-0.4, -0.2) is 14.8 Å². The minimum Gasteiger partial charge on any atom is -0.334 e. The molecular formula is C11H25NSi. The Kier molecular flexibility index (Phi) is 4.40. The molecule has 0 bridgehead atoms. The van der Waals surface area contributed by atoms with Gasteiger partial charge in [-0.05, 0) is 17.1 Å². The van der Waals surface area contributed by atoms with Crippen molar-refractivity contribution in [3.8, 4) is 0 Å². The first-order valence-electron chi connectivity index (χ1n) is 5.20. The fourth-order valence-corrected chi connectivity index (χ4v) is 6.73. The average Bonchev–Trinajstić information content (AvgIpc) is 1.96. The van der Waals surface area contributed by atoms with Crippen molar-refractivity contribution in [2.45, 2.75) is 52.1 Å². The molecule has 0 aromatic carbocycles. The van der Waals surface area contributed by atoms with Crippen LogP contribution in [0.1, 0.15) is 41.5 Å². The van der Waals surface area contributed by atoms with E-state index >= 15 is 0 Å². The van der Waals surface area contributed by atoms with E-state index in [4.69, 9.17) is 0 Å². The highest BCUT2D eigenvalue weighted by molar-refractivity contribution is 6.85. The van der Waals surface area contributed by atoms with Gasteiger partial charge in [0, 0.05) is 0 Å². The zero-order chi connectivity index (χ0) is 10.7. The second kappa shape index (κ2) is 4.42. The van der Waals surface area contributed by atoms with E-state index in [9.17, 15) is 0 Å². The first kappa shape index (κ1) is 12.9. The summed E-state index contributed by atoms with van der Waals surface area (Å²) in [7, 11) is -1.53. The summed E-state index contributed by atoms with van der Waals surface area (Å²) in [5.41, 5.74) is 2.91. The van der Waals surface area contributed by atoms with Crippen molar-refractivity contribution in [3.05, 3.63) is 12.3 Å². The lowest BCUT2D eigenvalue weighted by atomic mass is 10.2. The van der Waals surface area contributed by atoms with E-state index in [1.165, 1.54) is 0 Å². The maximum absolute atomic E-state index is 4.04. The molecule has 1 unspecified atom stereocenters. The molecule has 0 aromatic rings. The standard InChI is InChI=1S/C11H25NSi/c1-8-12-13(9-2,10(3)4)11(5,6)7/h9-10,12H,2,8H2,1,3-7H3. The number of rotatable bonds is 4. The van der Waals surface area contributed by atoms with Gasteiger partial charge in [0.15, 0.2) is 8.24 Å². The van der Waals surface area contributed by atoms with Crippen LogP contribution < -0.4 is 4.98 Å². The summed E-state index contributed by atoms with van der Waals surface area (Å²) in [6, 6.07) is 0. The van der Waals surface area contributed by atoms with E-state index in [-0.39, 0.29) is 0 Å². The Morgan fingerprint density at radius 3 is 1.92 bits per heavy atom. The number of hydrogen-bond acceptors (Lipinski definition) is 1. The molecule has 0 fully saturated rings. The zero-order valence-electron chi connectivity index (χ0n) is 10.1. The Balaban J connectivity index is 4.98. The first-order valence-corrected chi connectivity index (χ1v) is 7.36. The van der Waals surface area contributed by atoms with Crippen LogP contribution in [0, 0.1) is 0 Å². The molecule has 78 valence electrons. The molecule has 2 heteroatoms. The summed E-state index contributed by atoms with van der Waals surface area (Å²) in [5, 5.41) is 0.346. The molecule has 13 heavy (non-hydrogen) atoms. The minimum absolute atomic E-state index is 0.346. The Morgan fingerprint density at radius 2 is 1.85 bits per heavy atom. The van der Waals surface area contributed by atoms with Crippen molar-refractivity contribution < 1.29 is 0 Å². The molecular weight excluding hydrogens is 174 g/mol. The van der Waals surface area contributed by atoms with E-state index in [1.807, 2.05) is 0 Å². The lowest BCUT2D eigenvalue weighted by Gasteiger charge is -2.44. The maximum Gasteiger partial charge on any atom is 0.157 e. The number of hydrogen-bond donors (Lipinski definition) is 1. The molecule has 0 heterocycles. The van der Waals surface area contributed by atoms with Gasteiger partial charge in [0.2, 0.25) is 0 Å². The quantitative estimate of drug-likeness (QED) is 0.684. The van der Waals surface area contributed by atoms with Crippen LogP contribution in [0.2, 0.25) is 10.6 Å². The van der Waals surface area contributed by atoms with Crippen LogP contribution >= 0.6 is 0 Å². The predicted molar refractivity (Wildman–Crippen MR) is 64.4 cm³/mol. The van der Waals surface area contributed by atoms with E-state index in [0.717, 1.165) is 6.54 Å². The molecule has 0 aliphatic rings. The number of nitrogens with one attached hydrogen (secondary N) is 1. The zero-order valence-corrected chi connectivity index (χ0v) is 11.1. The van der Waals surface area contributed by atoms with Gasteiger partial charge < -0.3 is 4.98 Å². The Labute approximate surface area is 84.7 Å². The van der Waals surface area contributed by atoms with E-state index < -0.39 is 8.24 Å². The summed E-state index contributed by atoms with van der Waals surface area (Å²) in [6.07, 6.45) is 0. The van der Waals surface area contributed by atoms with Crippen LogP contribution in [0.15, 0.2) is 12.3 Å². The summed E-state index contributed by atoms with van der Waals surface area (Å²) in [4.78, 5) is 3.71. The highest BCUT2D eigenvalue weighted by Gasteiger charge is 2.44. The predicted octanol–water partition coefficient (Wildman–Crippen LogP) is 3.48. The van der Waals surface area contributed by atoms with Crippen molar-refractivity contribution >= 4 is 8.24 Å². The normalized spacial score (nSPS) is 17.2. The van der Waals surface area contributed by atoms with Crippen molar-refractivity contribution in [1.82, 2.24) is 4.98 Å². The third-order valence-corrected chi connectivity index (χ3v) is 8.83. The summed E-state index contributed by atoms with van der Waals surface area (Å²) < 4.78 is 0. The summed E-state index contributed by atoms with van der Waals surface area (Å²) in [5.74, 6) is 0. The summed E-state index contributed by atoms with van der Waals surface area (Å²) >= 11 is 0. The SMILES string of the molecule is C=C[Si](NCC)(C(C)C)C(C)(C)C. The Bertz CT molecular complexity index is 169. The molecule has 0 spiro atoms. The molecule has 0 saturated heterocycles. The Morgan fingerprint density at radius 1 is 1.38 bits per heavy atom. The van der Waals surface area contributed by atoms with E-state index in [0.29, 0.717) is 10.6 Å². The lowest BCUT2D eigenvalue weighted by molar-refractivity contribution is 0.664. The highest BCUT2D eigenvalue weighted by atomic mass is 28.3. The minimum atomic E-state index is -1.53. The van der Waals surface area contributed by atoms with Gasteiger partial charge in [-0.15, -0.1) is 6.58 Å².